The van der Waals surface area contributed by atoms with Crippen LogP contribution in [-0.4, -0.2) is 12.3 Å². The third-order valence-electron chi connectivity index (χ3n) is 4.59. The van der Waals surface area contributed by atoms with E-state index in [0.29, 0.717) is 0 Å². The van der Waals surface area contributed by atoms with Crippen LogP contribution < -0.4 is 25.0 Å². The Morgan fingerprint density at radius 3 is 2.52 bits per heavy atom. The van der Waals surface area contributed by atoms with Gasteiger partial charge in [-0.3, -0.25) is 0 Å². The Labute approximate surface area is 136 Å². The first-order valence-corrected chi connectivity index (χ1v) is 8.02. The Balaban J connectivity index is 1.80. The molecule has 0 spiro atoms. The first-order chi connectivity index (χ1) is 11.2. The Morgan fingerprint density at radius 1 is 0.957 bits per heavy atom. The van der Waals surface area contributed by atoms with Gasteiger partial charge in [0.2, 0.25) is 11.6 Å². The van der Waals surface area contributed by atoms with Crippen LogP contribution in [0.4, 0.5) is 23.0 Å². The van der Waals surface area contributed by atoms with Crippen LogP contribution in [0.5, 0.6) is 0 Å². The van der Waals surface area contributed by atoms with Crippen molar-refractivity contribution < 1.29 is 4.57 Å². The zero-order chi connectivity index (χ0) is 16.0. The number of hydrogen-bond acceptors (Lipinski definition) is 4. The molecule has 2 aromatic rings. The number of nitrogens with one attached hydrogen (secondary N) is 2. The lowest BCUT2D eigenvalue weighted by Gasteiger charge is -2.24. The predicted molar refractivity (Wildman–Crippen MR) is 93.5 cm³/mol. The molecule has 0 radical (unpaired) electrons. The molecule has 0 aliphatic carbocycles. The normalized spacial score (nSPS) is 22.0. The average molecular weight is 308 g/mol. The van der Waals surface area contributed by atoms with Gasteiger partial charge in [0.1, 0.15) is 18.0 Å². The lowest BCUT2D eigenvalue weighted by atomic mass is 10.2. The number of para-hydroxylation sites is 2. The zero-order valence-electron chi connectivity index (χ0n) is 13.7. The molecular formula is C18H22N5+. The van der Waals surface area contributed by atoms with Gasteiger partial charge in [-0.1, -0.05) is 12.1 Å². The summed E-state index contributed by atoms with van der Waals surface area (Å²) in [6, 6.07) is 14.9. The van der Waals surface area contributed by atoms with E-state index in [0.717, 1.165) is 5.82 Å². The van der Waals surface area contributed by atoms with E-state index in [4.69, 9.17) is 0 Å². The highest BCUT2D eigenvalue weighted by atomic mass is 15.4. The van der Waals surface area contributed by atoms with Crippen molar-refractivity contribution in [2.24, 2.45) is 7.05 Å². The first-order valence-electron chi connectivity index (χ1n) is 8.02. The molecule has 2 aliphatic heterocycles. The molecule has 1 aromatic heterocycles. The SMILES string of the molecule is CC1NC=CN1c1cccc(N2c3ccccc3N[C@H]2C)[n+]1C. The minimum Gasteiger partial charge on any atom is -0.357 e. The van der Waals surface area contributed by atoms with E-state index in [9.17, 15) is 0 Å². The minimum absolute atomic E-state index is 0.221. The van der Waals surface area contributed by atoms with Crippen molar-refractivity contribution in [2.45, 2.75) is 26.2 Å². The second kappa shape index (κ2) is 5.19. The summed E-state index contributed by atoms with van der Waals surface area (Å²) < 4.78 is 2.24. The number of aromatic nitrogens is 1. The van der Waals surface area contributed by atoms with Gasteiger partial charge in [-0.2, -0.15) is 0 Å². The molecule has 1 aromatic carbocycles. The second-order valence-corrected chi connectivity index (χ2v) is 6.07. The molecule has 0 bridgehead atoms. The van der Waals surface area contributed by atoms with Gasteiger partial charge in [0, 0.05) is 18.3 Å². The van der Waals surface area contributed by atoms with Crippen molar-refractivity contribution in [1.82, 2.24) is 5.32 Å². The van der Waals surface area contributed by atoms with E-state index in [1.54, 1.807) is 0 Å². The van der Waals surface area contributed by atoms with Crippen LogP contribution in [0.15, 0.2) is 54.9 Å². The van der Waals surface area contributed by atoms with Crippen LogP contribution >= 0.6 is 0 Å². The highest BCUT2D eigenvalue weighted by Gasteiger charge is 2.34. The predicted octanol–water partition coefficient (Wildman–Crippen LogP) is 2.65. The van der Waals surface area contributed by atoms with Crippen molar-refractivity contribution >= 4 is 23.0 Å². The summed E-state index contributed by atoms with van der Waals surface area (Å²) in [5, 5.41) is 6.86. The summed E-state index contributed by atoms with van der Waals surface area (Å²) >= 11 is 0. The molecule has 0 saturated heterocycles. The second-order valence-electron chi connectivity index (χ2n) is 6.07. The van der Waals surface area contributed by atoms with Gasteiger partial charge in [0.25, 0.3) is 0 Å². The standard InChI is InChI=1S/C18H22N5/c1-13-19-11-12-22(13)17-9-6-10-18(21(17)3)23-14(2)20-15-7-4-5-8-16(15)23/h4-14,19-20H,1-3H3/q+1/t13?,14-/m1/s1. The number of pyridine rings is 1. The van der Waals surface area contributed by atoms with Gasteiger partial charge in [0.15, 0.2) is 0 Å². The van der Waals surface area contributed by atoms with Crippen molar-refractivity contribution in [3.05, 3.63) is 54.9 Å². The number of fused-ring (bicyclic) bond motifs is 1. The Bertz CT molecular complexity index is 770. The number of hydrogen-bond donors (Lipinski definition) is 2. The largest absolute Gasteiger partial charge is 0.357 e. The molecule has 0 saturated carbocycles. The molecule has 0 fully saturated rings. The Morgan fingerprint density at radius 2 is 1.74 bits per heavy atom. The molecule has 5 nitrogen and oxygen atoms in total. The van der Waals surface area contributed by atoms with Crippen LogP contribution in [0.2, 0.25) is 0 Å². The molecule has 2 atom stereocenters. The van der Waals surface area contributed by atoms with E-state index in [-0.39, 0.29) is 12.3 Å². The lowest BCUT2D eigenvalue weighted by molar-refractivity contribution is -0.645. The van der Waals surface area contributed by atoms with Gasteiger partial charge in [-0.15, -0.1) is 0 Å². The van der Waals surface area contributed by atoms with Gasteiger partial charge in [-0.25, -0.2) is 14.4 Å². The summed E-state index contributed by atoms with van der Waals surface area (Å²) in [4.78, 5) is 4.58. The van der Waals surface area contributed by atoms with Crippen LogP contribution in [0.3, 0.4) is 0 Å². The fourth-order valence-electron chi connectivity index (χ4n) is 3.43. The molecule has 2 aliphatic rings. The average Bonchev–Trinajstić information content (AvgIpc) is 3.10. The molecule has 2 N–H and O–H groups in total. The molecule has 4 rings (SSSR count). The fourth-order valence-corrected chi connectivity index (χ4v) is 3.43. The van der Waals surface area contributed by atoms with Crippen LogP contribution in [0.1, 0.15) is 13.8 Å². The van der Waals surface area contributed by atoms with E-state index < -0.39 is 0 Å². The molecule has 1 unspecified atom stereocenters. The molecule has 23 heavy (non-hydrogen) atoms. The van der Waals surface area contributed by atoms with Crippen LogP contribution in [0.25, 0.3) is 0 Å². The Kier molecular flexibility index (Phi) is 3.15. The summed E-state index contributed by atoms with van der Waals surface area (Å²) in [5.41, 5.74) is 2.40. The van der Waals surface area contributed by atoms with Gasteiger partial charge in [0.05, 0.1) is 18.9 Å². The van der Waals surface area contributed by atoms with Gasteiger partial charge >= 0.3 is 0 Å². The Hall–Kier alpha value is -2.69. The van der Waals surface area contributed by atoms with Crippen LogP contribution in [-0.2, 0) is 7.05 Å². The monoisotopic (exact) mass is 308 g/mol. The molecule has 5 heteroatoms. The minimum atomic E-state index is 0.221. The maximum absolute atomic E-state index is 3.54. The highest BCUT2D eigenvalue weighted by Crippen LogP contribution is 2.38. The quantitative estimate of drug-likeness (QED) is 0.836. The van der Waals surface area contributed by atoms with Gasteiger partial charge < -0.3 is 10.6 Å². The van der Waals surface area contributed by atoms with Crippen molar-refractivity contribution in [2.75, 3.05) is 15.1 Å². The molecule has 0 amide bonds. The van der Waals surface area contributed by atoms with Crippen molar-refractivity contribution in [3.63, 3.8) is 0 Å². The van der Waals surface area contributed by atoms with E-state index >= 15 is 0 Å². The highest BCUT2D eigenvalue weighted by molar-refractivity contribution is 5.80. The molecule has 118 valence electrons. The van der Waals surface area contributed by atoms with E-state index in [1.807, 2.05) is 6.20 Å². The third kappa shape index (κ3) is 2.11. The van der Waals surface area contributed by atoms with Crippen LogP contribution in [0, 0.1) is 0 Å². The van der Waals surface area contributed by atoms with Crippen molar-refractivity contribution in [3.8, 4) is 0 Å². The fraction of sp³-hybridized carbons (Fsp3) is 0.278. The van der Waals surface area contributed by atoms with Crippen molar-refractivity contribution in [1.29, 1.82) is 0 Å². The summed E-state index contributed by atoms with van der Waals surface area (Å²) in [7, 11) is 2.12. The summed E-state index contributed by atoms with van der Waals surface area (Å²) in [6.45, 7) is 4.34. The zero-order valence-corrected chi connectivity index (χ0v) is 13.7. The van der Waals surface area contributed by atoms with E-state index in [2.05, 4.69) is 94.6 Å². The van der Waals surface area contributed by atoms with E-state index in [1.165, 1.54) is 17.2 Å². The van der Waals surface area contributed by atoms with Gasteiger partial charge in [-0.05, 0) is 32.0 Å². The third-order valence-corrected chi connectivity index (χ3v) is 4.59. The number of benzene rings is 1. The first kappa shape index (κ1) is 13.9. The smallest absolute Gasteiger partial charge is 0.230 e. The topological polar surface area (TPSA) is 34.4 Å². The number of rotatable bonds is 2. The number of anilines is 4. The maximum atomic E-state index is 3.54. The maximum Gasteiger partial charge on any atom is 0.230 e. The summed E-state index contributed by atoms with van der Waals surface area (Å²) in [6.07, 6.45) is 4.56. The molecular weight excluding hydrogens is 286 g/mol. The lowest BCUT2D eigenvalue weighted by Crippen LogP contribution is -2.46. The summed E-state index contributed by atoms with van der Waals surface area (Å²) in [5.74, 6) is 2.33. The molecule has 3 heterocycles. The number of nitrogens with zero attached hydrogens (tertiary/aromatic N) is 3.